The second kappa shape index (κ2) is 3.82. The van der Waals surface area contributed by atoms with Crippen molar-refractivity contribution in [2.75, 3.05) is 13.1 Å². The molecule has 0 aromatic heterocycles. The molecule has 1 atom stereocenters. The van der Waals surface area contributed by atoms with Gasteiger partial charge in [0.1, 0.15) is 0 Å². The highest BCUT2D eigenvalue weighted by atomic mass is 16.3. The first-order chi connectivity index (χ1) is 6.59. The number of likely N-dealkylation sites (tertiary alicyclic amines) is 1. The van der Waals surface area contributed by atoms with Crippen molar-refractivity contribution in [3.8, 4) is 0 Å². The van der Waals surface area contributed by atoms with E-state index in [2.05, 4.69) is 18.7 Å². The Balaban J connectivity index is 1.68. The molecule has 2 rings (SSSR count). The Kier molecular flexibility index (Phi) is 2.85. The average Bonchev–Trinajstić information content (AvgIpc) is 2.68. The summed E-state index contributed by atoms with van der Waals surface area (Å²) in [6.45, 7) is 7.07. The largest absolute Gasteiger partial charge is 0.390 e. The van der Waals surface area contributed by atoms with Gasteiger partial charge in [0.15, 0.2) is 0 Å². The minimum atomic E-state index is -0.231. The summed E-state index contributed by atoms with van der Waals surface area (Å²) in [5, 5.41) is 9.75. The van der Waals surface area contributed by atoms with Crippen molar-refractivity contribution in [1.29, 1.82) is 0 Å². The minimum absolute atomic E-state index is 0.231. The van der Waals surface area contributed by atoms with Crippen LogP contribution < -0.4 is 0 Å². The molecule has 2 fully saturated rings. The maximum absolute atomic E-state index is 9.75. The first-order valence-corrected chi connectivity index (χ1v) is 6.05. The Bertz CT molecular complexity index is 198. The molecule has 0 bridgehead atoms. The number of aliphatic hydroxyl groups is 1. The zero-order valence-electron chi connectivity index (χ0n) is 9.50. The molecule has 1 unspecified atom stereocenters. The summed E-state index contributed by atoms with van der Waals surface area (Å²) in [6, 6.07) is 0.698. The van der Waals surface area contributed by atoms with E-state index in [1.165, 1.54) is 25.9 Å². The van der Waals surface area contributed by atoms with Gasteiger partial charge in [-0.2, -0.15) is 0 Å². The predicted molar refractivity (Wildman–Crippen MR) is 58.2 cm³/mol. The molecule has 82 valence electrons. The van der Waals surface area contributed by atoms with Crippen molar-refractivity contribution in [1.82, 2.24) is 4.90 Å². The Morgan fingerprint density at radius 2 is 2.14 bits per heavy atom. The van der Waals surface area contributed by atoms with Crippen LogP contribution in [0.2, 0.25) is 0 Å². The molecule has 0 radical (unpaired) electrons. The SMILES string of the molecule is CC(C)N1CCC(CCC2(O)CC2)C1. The molecule has 1 N–H and O–H groups in total. The highest BCUT2D eigenvalue weighted by molar-refractivity contribution is 4.94. The minimum Gasteiger partial charge on any atom is -0.390 e. The van der Waals surface area contributed by atoms with Crippen LogP contribution in [0.3, 0.4) is 0 Å². The first-order valence-electron chi connectivity index (χ1n) is 6.05. The molecule has 14 heavy (non-hydrogen) atoms. The second-order valence-electron chi connectivity index (χ2n) is 5.51. The molecule has 1 aliphatic carbocycles. The van der Waals surface area contributed by atoms with E-state index in [0.717, 1.165) is 25.2 Å². The van der Waals surface area contributed by atoms with Crippen molar-refractivity contribution >= 4 is 0 Å². The lowest BCUT2D eigenvalue weighted by atomic mass is 9.99. The summed E-state index contributed by atoms with van der Waals surface area (Å²) >= 11 is 0. The highest BCUT2D eigenvalue weighted by Crippen LogP contribution is 2.41. The lowest BCUT2D eigenvalue weighted by molar-refractivity contribution is 0.130. The van der Waals surface area contributed by atoms with E-state index in [-0.39, 0.29) is 5.60 Å². The Morgan fingerprint density at radius 1 is 1.43 bits per heavy atom. The molecule has 2 nitrogen and oxygen atoms in total. The molecule has 2 aliphatic rings. The maximum Gasteiger partial charge on any atom is 0.0650 e. The van der Waals surface area contributed by atoms with E-state index in [0.29, 0.717) is 6.04 Å². The van der Waals surface area contributed by atoms with E-state index >= 15 is 0 Å². The quantitative estimate of drug-likeness (QED) is 0.745. The molecule has 0 aromatic rings. The lowest BCUT2D eigenvalue weighted by Gasteiger charge is -2.20. The van der Waals surface area contributed by atoms with Crippen LogP contribution >= 0.6 is 0 Å². The fraction of sp³-hybridized carbons (Fsp3) is 1.00. The molecular weight excluding hydrogens is 174 g/mol. The van der Waals surface area contributed by atoms with E-state index < -0.39 is 0 Å². The predicted octanol–water partition coefficient (Wildman–Crippen LogP) is 2.02. The van der Waals surface area contributed by atoms with Gasteiger partial charge in [0, 0.05) is 12.6 Å². The summed E-state index contributed by atoms with van der Waals surface area (Å²) in [5.74, 6) is 0.849. The topological polar surface area (TPSA) is 23.5 Å². The lowest BCUT2D eigenvalue weighted by Crippen LogP contribution is -2.28. The van der Waals surface area contributed by atoms with Gasteiger partial charge < -0.3 is 10.0 Å². The zero-order chi connectivity index (χ0) is 10.2. The van der Waals surface area contributed by atoms with E-state index in [4.69, 9.17) is 0 Å². The third-order valence-corrected chi connectivity index (χ3v) is 3.89. The average molecular weight is 197 g/mol. The summed E-state index contributed by atoms with van der Waals surface area (Å²) in [5.41, 5.74) is -0.231. The van der Waals surface area contributed by atoms with Crippen LogP contribution in [0.4, 0.5) is 0 Å². The van der Waals surface area contributed by atoms with Crippen LogP contribution in [0, 0.1) is 5.92 Å². The maximum atomic E-state index is 9.75. The molecule has 1 saturated carbocycles. The second-order valence-corrected chi connectivity index (χ2v) is 5.51. The molecule has 0 aromatic carbocycles. The van der Waals surface area contributed by atoms with Gasteiger partial charge in [-0.05, 0) is 58.4 Å². The number of hydrogen-bond donors (Lipinski definition) is 1. The van der Waals surface area contributed by atoms with Crippen molar-refractivity contribution in [2.45, 2.75) is 57.6 Å². The Labute approximate surface area is 87.3 Å². The summed E-state index contributed by atoms with van der Waals surface area (Å²) in [4.78, 5) is 2.56. The molecule has 2 heteroatoms. The zero-order valence-corrected chi connectivity index (χ0v) is 9.50. The van der Waals surface area contributed by atoms with E-state index in [9.17, 15) is 5.11 Å². The standard InChI is InChI=1S/C12H23NO/c1-10(2)13-8-4-11(9-13)3-5-12(14)6-7-12/h10-11,14H,3-9H2,1-2H3. The Morgan fingerprint density at radius 3 is 2.64 bits per heavy atom. The number of hydrogen-bond acceptors (Lipinski definition) is 2. The molecule has 1 aliphatic heterocycles. The van der Waals surface area contributed by atoms with Gasteiger partial charge in [-0.3, -0.25) is 0 Å². The van der Waals surface area contributed by atoms with Gasteiger partial charge >= 0.3 is 0 Å². The molecular formula is C12H23NO. The molecule has 1 heterocycles. The summed E-state index contributed by atoms with van der Waals surface area (Å²) in [7, 11) is 0. The number of rotatable bonds is 4. The summed E-state index contributed by atoms with van der Waals surface area (Å²) in [6.07, 6.45) is 5.72. The van der Waals surface area contributed by atoms with Crippen molar-refractivity contribution < 1.29 is 5.11 Å². The van der Waals surface area contributed by atoms with Gasteiger partial charge in [0.2, 0.25) is 0 Å². The van der Waals surface area contributed by atoms with Crippen LogP contribution in [-0.2, 0) is 0 Å². The van der Waals surface area contributed by atoms with Crippen LogP contribution in [0.25, 0.3) is 0 Å². The van der Waals surface area contributed by atoms with Crippen LogP contribution in [-0.4, -0.2) is 34.7 Å². The van der Waals surface area contributed by atoms with Crippen LogP contribution in [0.5, 0.6) is 0 Å². The van der Waals surface area contributed by atoms with Crippen molar-refractivity contribution in [3.63, 3.8) is 0 Å². The van der Waals surface area contributed by atoms with Gasteiger partial charge in [-0.25, -0.2) is 0 Å². The number of nitrogens with zero attached hydrogens (tertiary/aromatic N) is 1. The molecule has 1 saturated heterocycles. The van der Waals surface area contributed by atoms with E-state index in [1.807, 2.05) is 0 Å². The molecule has 0 amide bonds. The van der Waals surface area contributed by atoms with Crippen molar-refractivity contribution in [3.05, 3.63) is 0 Å². The Hall–Kier alpha value is -0.0800. The van der Waals surface area contributed by atoms with Gasteiger partial charge in [-0.1, -0.05) is 0 Å². The first kappa shape index (κ1) is 10.4. The smallest absolute Gasteiger partial charge is 0.0650 e. The third-order valence-electron chi connectivity index (χ3n) is 3.89. The van der Waals surface area contributed by atoms with E-state index in [1.54, 1.807) is 0 Å². The van der Waals surface area contributed by atoms with Crippen molar-refractivity contribution in [2.24, 2.45) is 5.92 Å². The molecule has 0 spiro atoms. The highest BCUT2D eigenvalue weighted by Gasteiger charge is 2.40. The van der Waals surface area contributed by atoms with Gasteiger partial charge in [-0.15, -0.1) is 0 Å². The monoisotopic (exact) mass is 197 g/mol. The fourth-order valence-corrected chi connectivity index (χ4v) is 2.43. The van der Waals surface area contributed by atoms with Crippen LogP contribution in [0.15, 0.2) is 0 Å². The normalized spacial score (nSPS) is 31.3. The third kappa shape index (κ3) is 2.48. The fourth-order valence-electron chi connectivity index (χ4n) is 2.43. The summed E-state index contributed by atoms with van der Waals surface area (Å²) < 4.78 is 0. The van der Waals surface area contributed by atoms with Gasteiger partial charge in [0.25, 0.3) is 0 Å². The van der Waals surface area contributed by atoms with Crippen LogP contribution in [0.1, 0.15) is 46.0 Å². The van der Waals surface area contributed by atoms with Gasteiger partial charge in [0.05, 0.1) is 5.60 Å².